The van der Waals surface area contributed by atoms with Crippen LogP contribution in [0.1, 0.15) is 52.3 Å². The van der Waals surface area contributed by atoms with Crippen LogP contribution in [0.3, 0.4) is 0 Å². The molecule has 25 heavy (non-hydrogen) atoms. The Labute approximate surface area is 144 Å². The number of carboxylic acid groups (broad SMARTS) is 1. The molecule has 1 fully saturated rings. The minimum atomic E-state index is -1.15. The van der Waals surface area contributed by atoms with Crippen molar-refractivity contribution in [2.75, 3.05) is 5.32 Å². The second kappa shape index (κ2) is 6.80. The maximum atomic E-state index is 12.1. The molecule has 0 unspecified atom stereocenters. The Kier molecular flexibility index (Phi) is 4.56. The molecule has 0 spiro atoms. The van der Waals surface area contributed by atoms with Crippen LogP contribution in [-0.4, -0.2) is 22.9 Å². The van der Waals surface area contributed by atoms with E-state index in [4.69, 9.17) is 9.52 Å². The molecule has 2 amide bonds. The lowest BCUT2D eigenvalue weighted by Crippen LogP contribution is -2.26. The summed E-state index contributed by atoms with van der Waals surface area (Å²) in [5, 5.41) is 14.4. The Bertz CT molecular complexity index is 805. The van der Waals surface area contributed by atoms with E-state index in [1.54, 1.807) is 19.1 Å². The van der Waals surface area contributed by atoms with Crippen molar-refractivity contribution in [3.8, 4) is 0 Å². The van der Waals surface area contributed by atoms with Gasteiger partial charge < -0.3 is 20.2 Å². The molecule has 0 aliphatic heterocycles. The number of amides is 2. The zero-order chi connectivity index (χ0) is 18.0. The van der Waals surface area contributed by atoms with Crippen molar-refractivity contribution in [2.45, 2.75) is 25.8 Å². The number of nitrogens with one attached hydrogen (secondary N) is 2. The second-order valence-corrected chi connectivity index (χ2v) is 6.09. The van der Waals surface area contributed by atoms with E-state index >= 15 is 0 Å². The summed E-state index contributed by atoms with van der Waals surface area (Å²) in [6.45, 7) is 1.80. The van der Waals surface area contributed by atoms with Gasteiger partial charge in [-0.2, -0.15) is 0 Å². The van der Waals surface area contributed by atoms with Crippen LogP contribution < -0.4 is 10.6 Å². The number of benzene rings is 1. The third-order valence-electron chi connectivity index (χ3n) is 4.04. The second-order valence-electron chi connectivity index (χ2n) is 6.09. The summed E-state index contributed by atoms with van der Waals surface area (Å²) in [7, 11) is 0. The summed E-state index contributed by atoms with van der Waals surface area (Å²) in [5.41, 5.74) is 1.49. The van der Waals surface area contributed by atoms with Gasteiger partial charge >= 0.3 is 5.97 Å². The van der Waals surface area contributed by atoms with E-state index < -0.39 is 11.9 Å². The fourth-order valence-electron chi connectivity index (χ4n) is 2.36. The van der Waals surface area contributed by atoms with Crippen LogP contribution in [-0.2, 0) is 4.79 Å². The molecular weight excluding hydrogens is 324 g/mol. The Morgan fingerprint density at radius 3 is 2.44 bits per heavy atom. The van der Waals surface area contributed by atoms with Gasteiger partial charge in [0, 0.05) is 17.7 Å². The molecule has 1 saturated carbocycles. The number of hydrogen-bond donors (Lipinski definition) is 3. The average molecular weight is 342 g/mol. The quantitative estimate of drug-likeness (QED) is 0.748. The minimum Gasteiger partial charge on any atom is -0.478 e. The summed E-state index contributed by atoms with van der Waals surface area (Å²) in [6.07, 6.45) is 2.92. The largest absolute Gasteiger partial charge is 0.478 e. The fourth-order valence-corrected chi connectivity index (χ4v) is 2.36. The summed E-state index contributed by atoms with van der Waals surface area (Å²) in [5.74, 6) is -1.52. The van der Waals surface area contributed by atoms with Crippen molar-refractivity contribution in [3.05, 3.63) is 53.5 Å². The molecule has 3 N–H and O–H groups in total. The van der Waals surface area contributed by atoms with Crippen molar-refractivity contribution in [3.63, 3.8) is 0 Å². The Morgan fingerprint density at radius 1 is 1.20 bits per heavy atom. The van der Waals surface area contributed by atoms with Crippen LogP contribution in [0, 0.1) is 5.92 Å². The van der Waals surface area contributed by atoms with E-state index in [0.717, 1.165) is 30.4 Å². The standard InChI is InChI=1S/C18H18N2O5/c1-10(19-17(22)15-8-13(9-25-15)18(23)24)11-4-6-14(7-5-11)20-16(21)12-2-3-12/h4-10,12H,2-3H2,1H3,(H,19,22)(H,20,21)(H,23,24)/t10-/m0/s1. The molecule has 1 aliphatic rings. The zero-order valence-corrected chi connectivity index (χ0v) is 13.6. The maximum absolute atomic E-state index is 12.1. The summed E-state index contributed by atoms with van der Waals surface area (Å²) < 4.78 is 4.98. The molecular formula is C18H18N2O5. The third kappa shape index (κ3) is 4.06. The number of rotatable bonds is 6. The Balaban J connectivity index is 1.59. The minimum absolute atomic E-state index is 0.0427. The van der Waals surface area contributed by atoms with E-state index in [2.05, 4.69) is 10.6 Å². The lowest BCUT2D eigenvalue weighted by molar-refractivity contribution is -0.117. The van der Waals surface area contributed by atoms with Crippen molar-refractivity contribution in [1.82, 2.24) is 5.32 Å². The van der Waals surface area contributed by atoms with E-state index in [9.17, 15) is 14.4 Å². The van der Waals surface area contributed by atoms with Gasteiger partial charge in [-0.1, -0.05) is 12.1 Å². The molecule has 1 atom stereocenters. The van der Waals surface area contributed by atoms with Gasteiger partial charge in [0.25, 0.3) is 5.91 Å². The van der Waals surface area contributed by atoms with E-state index in [0.29, 0.717) is 0 Å². The van der Waals surface area contributed by atoms with Gasteiger partial charge in [0.05, 0.1) is 11.6 Å². The van der Waals surface area contributed by atoms with E-state index in [1.165, 1.54) is 6.07 Å². The van der Waals surface area contributed by atoms with Gasteiger partial charge in [-0.15, -0.1) is 0 Å². The molecule has 0 saturated heterocycles. The van der Waals surface area contributed by atoms with Gasteiger partial charge in [0.15, 0.2) is 5.76 Å². The lowest BCUT2D eigenvalue weighted by atomic mass is 10.1. The fraction of sp³-hybridized carbons (Fsp3) is 0.278. The van der Waals surface area contributed by atoms with Crippen molar-refractivity contribution in [2.24, 2.45) is 5.92 Å². The first-order valence-corrected chi connectivity index (χ1v) is 7.97. The van der Waals surface area contributed by atoms with Crippen LogP contribution in [0.15, 0.2) is 41.0 Å². The van der Waals surface area contributed by atoms with Gasteiger partial charge in [-0.05, 0) is 37.5 Å². The third-order valence-corrected chi connectivity index (χ3v) is 4.04. The molecule has 0 radical (unpaired) electrons. The molecule has 1 aliphatic carbocycles. The van der Waals surface area contributed by atoms with Crippen molar-refractivity contribution in [1.29, 1.82) is 0 Å². The molecule has 2 aromatic rings. The molecule has 3 rings (SSSR count). The molecule has 7 heteroatoms. The normalized spacial score (nSPS) is 14.6. The average Bonchev–Trinajstić information content (AvgIpc) is 3.31. The SMILES string of the molecule is C[C@H](NC(=O)c1cc(C(=O)O)co1)c1ccc(NC(=O)C2CC2)cc1. The Hall–Kier alpha value is -3.09. The van der Waals surface area contributed by atoms with E-state index in [1.807, 2.05) is 12.1 Å². The van der Waals surface area contributed by atoms with Crippen molar-refractivity contribution < 1.29 is 23.9 Å². The number of carboxylic acids is 1. The molecule has 1 heterocycles. The number of anilines is 1. The molecule has 1 aromatic carbocycles. The molecule has 130 valence electrons. The van der Waals surface area contributed by atoms with Crippen LogP contribution >= 0.6 is 0 Å². The Morgan fingerprint density at radius 2 is 1.88 bits per heavy atom. The molecule has 1 aromatic heterocycles. The number of hydrogen-bond acceptors (Lipinski definition) is 4. The highest BCUT2D eigenvalue weighted by atomic mass is 16.4. The van der Waals surface area contributed by atoms with Crippen molar-refractivity contribution >= 4 is 23.5 Å². The number of carbonyl (C=O) groups is 3. The smallest absolute Gasteiger partial charge is 0.338 e. The first kappa shape index (κ1) is 16.8. The maximum Gasteiger partial charge on any atom is 0.338 e. The zero-order valence-electron chi connectivity index (χ0n) is 13.6. The predicted octanol–water partition coefficient (Wildman–Crippen LogP) is 2.82. The van der Waals surface area contributed by atoms with Gasteiger partial charge in [0.1, 0.15) is 6.26 Å². The van der Waals surface area contributed by atoms with Gasteiger partial charge in [-0.25, -0.2) is 4.79 Å². The first-order valence-electron chi connectivity index (χ1n) is 7.97. The van der Waals surface area contributed by atoms with E-state index in [-0.39, 0.29) is 29.2 Å². The number of furan rings is 1. The lowest BCUT2D eigenvalue weighted by Gasteiger charge is -2.14. The first-order chi connectivity index (χ1) is 11.9. The van der Waals surface area contributed by atoms with Crippen LogP contribution in [0.4, 0.5) is 5.69 Å². The molecule has 0 bridgehead atoms. The highest BCUT2D eigenvalue weighted by Crippen LogP contribution is 2.30. The number of aromatic carboxylic acids is 1. The molecule has 7 nitrogen and oxygen atoms in total. The van der Waals surface area contributed by atoms with Gasteiger partial charge in [0.2, 0.25) is 5.91 Å². The highest BCUT2D eigenvalue weighted by molar-refractivity contribution is 5.96. The topological polar surface area (TPSA) is 109 Å². The summed E-state index contributed by atoms with van der Waals surface area (Å²) in [6, 6.07) is 8.08. The predicted molar refractivity (Wildman–Crippen MR) is 89.3 cm³/mol. The van der Waals surface area contributed by atoms with Crippen LogP contribution in [0.5, 0.6) is 0 Å². The van der Waals surface area contributed by atoms with Crippen LogP contribution in [0.25, 0.3) is 0 Å². The summed E-state index contributed by atoms with van der Waals surface area (Å²) >= 11 is 0. The summed E-state index contributed by atoms with van der Waals surface area (Å²) in [4.78, 5) is 34.6. The number of carbonyl (C=O) groups excluding carboxylic acids is 2. The van der Waals surface area contributed by atoms with Gasteiger partial charge in [-0.3, -0.25) is 9.59 Å². The van der Waals surface area contributed by atoms with Crippen LogP contribution in [0.2, 0.25) is 0 Å². The monoisotopic (exact) mass is 342 g/mol. The highest BCUT2D eigenvalue weighted by Gasteiger charge is 2.29.